The van der Waals surface area contributed by atoms with E-state index in [1.165, 1.54) is 0 Å². The van der Waals surface area contributed by atoms with Crippen molar-refractivity contribution in [2.75, 3.05) is 11.9 Å². The summed E-state index contributed by atoms with van der Waals surface area (Å²) in [6.07, 6.45) is 0. The van der Waals surface area contributed by atoms with Crippen molar-refractivity contribution < 1.29 is 9.53 Å². The minimum absolute atomic E-state index is 0.170. The van der Waals surface area contributed by atoms with Gasteiger partial charge in [0.1, 0.15) is 12.4 Å². The Morgan fingerprint density at radius 2 is 1.96 bits per heavy atom. The summed E-state index contributed by atoms with van der Waals surface area (Å²) < 4.78 is 5.68. The molecule has 1 N–H and O–H groups in total. The molecule has 0 saturated heterocycles. The first-order valence-electron chi connectivity index (χ1n) is 7.78. The number of anilines is 1. The normalized spacial score (nSPS) is 10.4. The number of benzene rings is 2. The molecule has 0 atom stereocenters. The lowest BCUT2D eigenvalue weighted by molar-refractivity contribution is -0.125. The molecular weight excluding hydrogens is 314 g/mol. The monoisotopic (exact) mass is 333 g/mol. The summed E-state index contributed by atoms with van der Waals surface area (Å²) in [4.78, 5) is 15.9. The number of hydrogen-bond donors (Lipinski definition) is 1. The number of ether oxygens (including phenoxy) is 1. The second-order valence-corrected chi connectivity index (χ2v) is 6.38. The fourth-order valence-electron chi connectivity index (χ4n) is 2.11. The standard InChI is InChI=1S/C20H19N3O2/c1-14-11-16(7-10-18(14)22-4)23-19(24)20(2,3)13-25-17-8-5-15(12-21)6-9-17/h5-11H,13H2,1-3H3,(H,23,24). The topological polar surface area (TPSA) is 66.5 Å². The molecule has 126 valence electrons. The van der Waals surface area contributed by atoms with E-state index in [0.29, 0.717) is 22.7 Å². The van der Waals surface area contributed by atoms with Crippen molar-refractivity contribution in [3.8, 4) is 11.8 Å². The number of carbonyl (C=O) groups excluding carboxylic acids is 1. The van der Waals surface area contributed by atoms with Gasteiger partial charge in [-0.2, -0.15) is 5.26 Å². The number of aryl methyl sites for hydroxylation is 1. The molecule has 0 aliphatic heterocycles. The Bertz CT molecular complexity index is 856. The fraction of sp³-hybridized carbons (Fsp3) is 0.250. The Labute approximate surface area is 147 Å². The van der Waals surface area contributed by atoms with Gasteiger partial charge in [0.2, 0.25) is 5.91 Å². The minimum Gasteiger partial charge on any atom is -0.492 e. The van der Waals surface area contributed by atoms with Crippen LogP contribution in [-0.2, 0) is 4.79 Å². The number of nitrogens with zero attached hydrogens (tertiary/aromatic N) is 2. The summed E-state index contributed by atoms with van der Waals surface area (Å²) >= 11 is 0. The molecule has 25 heavy (non-hydrogen) atoms. The van der Waals surface area contributed by atoms with Gasteiger partial charge in [0.25, 0.3) is 0 Å². The van der Waals surface area contributed by atoms with Crippen LogP contribution in [0, 0.1) is 30.2 Å². The predicted octanol–water partition coefficient (Wildman–Crippen LogP) is 4.46. The highest BCUT2D eigenvalue weighted by atomic mass is 16.5. The first-order chi connectivity index (χ1) is 11.9. The Kier molecular flexibility index (Phi) is 5.41. The summed E-state index contributed by atoms with van der Waals surface area (Å²) in [5, 5.41) is 11.7. The van der Waals surface area contributed by atoms with E-state index in [1.54, 1.807) is 56.3 Å². The Hall–Kier alpha value is -3.31. The van der Waals surface area contributed by atoms with Gasteiger partial charge < -0.3 is 10.1 Å². The molecule has 0 aromatic heterocycles. The third kappa shape index (κ3) is 4.59. The molecule has 2 rings (SSSR count). The SMILES string of the molecule is [C-]#[N+]c1ccc(NC(=O)C(C)(C)COc2ccc(C#N)cc2)cc1C. The zero-order valence-electron chi connectivity index (χ0n) is 14.5. The minimum atomic E-state index is -0.750. The van der Waals surface area contributed by atoms with Gasteiger partial charge in [-0.15, -0.1) is 0 Å². The van der Waals surface area contributed by atoms with Gasteiger partial charge in [0.05, 0.1) is 23.6 Å². The van der Waals surface area contributed by atoms with Gasteiger partial charge in [-0.3, -0.25) is 4.79 Å². The third-order valence-corrected chi connectivity index (χ3v) is 3.77. The smallest absolute Gasteiger partial charge is 0.233 e. The van der Waals surface area contributed by atoms with E-state index in [-0.39, 0.29) is 12.5 Å². The molecule has 0 saturated carbocycles. The fourth-order valence-corrected chi connectivity index (χ4v) is 2.11. The molecule has 0 aliphatic carbocycles. The van der Waals surface area contributed by atoms with Gasteiger partial charge in [-0.1, -0.05) is 6.07 Å². The molecule has 5 heteroatoms. The van der Waals surface area contributed by atoms with E-state index >= 15 is 0 Å². The second kappa shape index (κ2) is 7.51. The second-order valence-electron chi connectivity index (χ2n) is 6.38. The number of amides is 1. The van der Waals surface area contributed by atoms with E-state index in [0.717, 1.165) is 5.56 Å². The molecule has 1 amide bonds. The molecule has 2 aromatic carbocycles. The number of hydrogen-bond acceptors (Lipinski definition) is 3. The van der Waals surface area contributed by atoms with Crippen molar-refractivity contribution in [1.82, 2.24) is 0 Å². The summed E-state index contributed by atoms with van der Waals surface area (Å²) in [7, 11) is 0. The molecule has 0 aliphatic rings. The van der Waals surface area contributed by atoms with Gasteiger partial charge in [-0.25, -0.2) is 4.85 Å². The van der Waals surface area contributed by atoms with Crippen molar-refractivity contribution in [3.05, 3.63) is 65.0 Å². The van der Waals surface area contributed by atoms with Crippen molar-refractivity contribution >= 4 is 17.3 Å². The summed E-state index contributed by atoms with van der Waals surface area (Å²) in [6.45, 7) is 12.7. The number of nitriles is 1. The Morgan fingerprint density at radius 3 is 2.52 bits per heavy atom. The maximum atomic E-state index is 12.5. The zero-order valence-corrected chi connectivity index (χ0v) is 14.5. The lowest BCUT2D eigenvalue weighted by atomic mass is 9.93. The molecule has 0 bridgehead atoms. The number of rotatable bonds is 5. The third-order valence-electron chi connectivity index (χ3n) is 3.77. The molecule has 5 nitrogen and oxygen atoms in total. The number of carbonyl (C=O) groups is 1. The van der Waals surface area contributed by atoms with E-state index in [2.05, 4.69) is 10.2 Å². The summed E-state index contributed by atoms with van der Waals surface area (Å²) in [5.41, 5.74) is 1.85. The van der Waals surface area contributed by atoms with Crippen LogP contribution in [0.4, 0.5) is 11.4 Å². The van der Waals surface area contributed by atoms with Crippen LogP contribution in [0.15, 0.2) is 42.5 Å². The quantitative estimate of drug-likeness (QED) is 0.821. The van der Waals surface area contributed by atoms with E-state index < -0.39 is 5.41 Å². The molecule has 0 unspecified atom stereocenters. The maximum absolute atomic E-state index is 12.5. The predicted molar refractivity (Wildman–Crippen MR) is 96.5 cm³/mol. The highest BCUT2D eigenvalue weighted by Crippen LogP contribution is 2.25. The Balaban J connectivity index is 2.00. The van der Waals surface area contributed by atoms with Crippen molar-refractivity contribution in [1.29, 1.82) is 5.26 Å². The maximum Gasteiger partial charge on any atom is 0.233 e. The lowest BCUT2D eigenvalue weighted by Crippen LogP contribution is -2.36. The number of nitrogens with one attached hydrogen (secondary N) is 1. The van der Waals surface area contributed by atoms with Gasteiger partial charge in [-0.05, 0) is 62.7 Å². The first-order valence-corrected chi connectivity index (χ1v) is 7.78. The van der Waals surface area contributed by atoms with Crippen LogP contribution in [0.1, 0.15) is 25.0 Å². The van der Waals surface area contributed by atoms with Crippen molar-refractivity contribution in [2.24, 2.45) is 5.41 Å². The average molecular weight is 333 g/mol. The molecule has 0 spiro atoms. The van der Waals surface area contributed by atoms with E-state index in [1.807, 2.05) is 13.0 Å². The molecule has 2 aromatic rings. The Morgan fingerprint density at radius 1 is 1.28 bits per heavy atom. The van der Waals surface area contributed by atoms with Crippen LogP contribution >= 0.6 is 0 Å². The van der Waals surface area contributed by atoms with E-state index in [9.17, 15) is 4.79 Å². The van der Waals surface area contributed by atoms with Crippen LogP contribution in [0.5, 0.6) is 5.75 Å². The van der Waals surface area contributed by atoms with Crippen LogP contribution in [0.3, 0.4) is 0 Å². The van der Waals surface area contributed by atoms with Crippen LogP contribution in [0.2, 0.25) is 0 Å². The van der Waals surface area contributed by atoms with Crippen LogP contribution < -0.4 is 10.1 Å². The average Bonchev–Trinajstić information content (AvgIpc) is 2.60. The zero-order chi connectivity index (χ0) is 18.4. The highest BCUT2D eigenvalue weighted by molar-refractivity contribution is 5.95. The van der Waals surface area contributed by atoms with E-state index in [4.69, 9.17) is 16.6 Å². The molecule has 0 heterocycles. The largest absolute Gasteiger partial charge is 0.492 e. The lowest BCUT2D eigenvalue weighted by Gasteiger charge is -2.24. The van der Waals surface area contributed by atoms with Gasteiger partial charge >= 0.3 is 0 Å². The van der Waals surface area contributed by atoms with Crippen molar-refractivity contribution in [3.63, 3.8) is 0 Å². The molecule has 0 fully saturated rings. The molecular formula is C20H19N3O2. The van der Waals surface area contributed by atoms with Crippen LogP contribution in [-0.4, -0.2) is 12.5 Å². The van der Waals surface area contributed by atoms with Crippen LogP contribution in [0.25, 0.3) is 4.85 Å². The van der Waals surface area contributed by atoms with Gasteiger partial charge in [0.15, 0.2) is 5.69 Å². The van der Waals surface area contributed by atoms with Crippen molar-refractivity contribution in [2.45, 2.75) is 20.8 Å². The first kappa shape index (κ1) is 18.0. The summed E-state index contributed by atoms with van der Waals surface area (Å²) in [5.74, 6) is 0.438. The summed E-state index contributed by atoms with van der Waals surface area (Å²) in [6, 6.07) is 14.0. The highest BCUT2D eigenvalue weighted by Gasteiger charge is 2.29. The molecule has 0 radical (unpaired) electrons. The van der Waals surface area contributed by atoms with Gasteiger partial charge in [0, 0.05) is 5.69 Å².